The Kier molecular flexibility index (Phi) is 2.96. The fourth-order valence-electron chi connectivity index (χ4n) is 1.95. The molecule has 3 aromatic rings. The van der Waals surface area contributed by atoms with Gasteiger partial charge in [0.2, 0.25) is 5.78 Å². The summed E-state index contributed by atoms with van der Waals surface area (Å²) in [5, 5.41) is 2.15. The molecule has 20 heavy (non-hydrogen) atoms. The van der Waals surface area contributed by atoms with E-state index < -0.39 is 11.7 Å². The Morgan fingerprint density at radius 1 is 1.05 bits per heavy atom. The Morgan fingerprint density at radius 2 is 1.95 bits per heavy atom. The van der Waals surface area contributed by atoms with Crippen LogP contribution in [0.15, 0.2) is 48.1 Å². The molecule has 0 radical (unpaired) electrons. The average molecular weight is 266 g/mol. The van der Waals surface area contributed by atoms with E-state index >= 15 is 0 Å². The van der Waals surface area contributed by atoms with Crippen LogP contribution in [-0.4, -0.2) is 26.6 Å². The first-order valence-electron chi connectivity index (χ1n) is 5.93. The number of hydrogen-bond acceptors (Lipinski definition) is 3. The molecule has 6 nitrogen and oxygen atoms in total. The number of Topliss-reactive ketones (excluding diaryl/α,β-unsaturated/α-hetero) is 1. The number of carbonyl (C=O) groups excluding carboxylic acids is 2. The van der Waals surface area contributed by atoms with Crippen LogP contribution in [0.1, 0.15) is 0 Å². The van der Waals surface area contributed by atoms with Gasteiger partial charge in [-0.25, -0.2) is 9.98 Å². The van der Waals surface area contributed by atoms with Crippen LogP contribution in [0.3, 0.4) is 0 Å². The zero-order valence-corrected chi connectivity index (χ0v) is 10.3. The number of nitrogens with one attached hydrogen (secondary N) is 2. The van der Waals surface area contributed by atoms with Gasteiger partial charge in [-0.05, 0) is 12.1 Å². The third-order valence-electron chi connectivity index (χ3n) is 2.85. The Morgan fingerprint density at radius 3 is 2.65 bits per heavy atom. The summed E-state index contributed by atoms with van der Waals surface area (Å²) >= 11 is 0. The number of rotatable bonds is 0. The predicted molar refractivity (Wildman–Crippen MR) is 72.1 cm³/mol. The van der Waals surface area contributed by atoms with Crippen LogP contribution in [0.2, 0.25) is 0 Å². The summed E-state index contributed by atoms with van der Waals surface area (Å²) in [6.45, 7) is 0. The van der Waals surface area contributed by atoms with Crippen LogP contribution in [0.5, 0.6) is 0 Å². The van der Waals surface area contributed by atoms with Crippen molar-refractivity contribution in [2.24, 2.45) is 4.99 Å². The molecule has 1 aliphatic rings. The van der Waals surface area contributed by atoms with Crippen molar-refractivity contribution in [1.29, 1.82) is 0 Å². The van der Waals surface area contributed by atoms with Gasteiger partial charge in [0.1, 0.15) is 0 Å². The molecule has 0 spiro atoms. The number of imidazole rings is 1. The van der Waals surface area contributed by atoms with Gasteiger partial charge in [0.25, 0.3) is 0 Å². The quantitative estimate of drug-likeness (QED) is 0.565. The summed E-state index contributed by atoms with van der Waals surface area (Å²) in [5.41, 5.74) is 0.910. The van der Waals surface area contributed by atoms with Gasteiger partial charge in [0.15, 0.2) is 0 Å². The van der Waals surface area contributed by atoms with Gasteiger partial charge in [-0.2, -0.15) is 0 Å². The van der Waals surface area contributed by atoms with E-state index in [0.717, 1.165) is 10.9 Å². The largest absolute Gasteiger partial charge is 0.361 e. The Hall–Kier alpha value is -3.02. The minimum absolute atomic E-state index is 0.558. The lowest BCUT2D eigenvalue weighted by atomic mass is 10.1. The van der Waals surface area contributed by atoms with Crippen molar-refractivity contribution in [2.45, 2.75) is 0 Å². The van der Waals surface area contributed by atoms with Gasteiger partial charge >= 0.3 is 5.91 Å². The van der Waals surface area contributed by atoms with Gasteiger partial charge < -0.3 is 9.97 Å². The summed E-state index contributed by atoms with van der Waals surface area (Å²) in [4.78, 5) is 35.5. The molecular formula is C14H10N4O2. The average Bonchev–Trinajstić information content (AvgIpc) is 3.14. The van der Waals surface area contributed by atoms with Crippen molar-refractivity contribution < 1.29 is 9.59 Å². The maximum Gasteiger partial charge on any atom is 0.318 e. The van der Waals surface area contributed by atoms with Gasteiger partial charge in [0.05, 0.1) is 11.7 Å². The molecule has 3 heterocycles. The molecule has 0 aliphatic carbocycles. The number of amides is 1. The molecule has 4 rings (SSSR count). The van der Waals surface area contributed by atoms with Crippen LogP contribution in [0.4, 0.5) is 0 Å². The second-order valence-corrected chi connectivity index (χ2v) is 4.13. The number of carbonyl (C=O) groups is 2. The molecule has 0 saturated heterocycles. The highest BCUT2D eigenvalue weighted by molar-refractivity contribution is 6.48. The highest BCUT2D eigenvalue weighted by Gasteiger charge is 2.14. The molecule has 1 aromatic carbocycles. The zero-order valence-electron chi connectivity index (χ0n) is 10.3. The second-order valence-electron chi connectivity index (χ2n) is 4.13. The maximum absolute atomic E-state index is 11.2. The van der Waals surface area contributed by atoms with Crippen molar-refractivity contribution in [3.05, 3.63) is 53.7 Å². The number of H-pyrrole nitrogens is 2. The normalized spacial score (nSPS) is 13.0. The molecule has 0 atom stereocenters. The van der Waals surface area contributed by atoms with E-state index in [0.29, 0.717) is 10.6 Å². The standard InChI is InChI=1S/C11H6N2O2.C3H4N2/c14-9-5-6-1-2-8-7(3-4-12-8)10(6)13-11(9)15;1-2-5-3-4-1/h1-5,12H;1-3H,(H,4,5). The molecule has 1 aliphatic heterocycles. The molecule has 1 amide bonds. The smallest absolute Gasteiger partial charge is 0.318 e. The number of aromatic nitrogens is 3. The van der Waals surface area contributed by atoms with E-state index in [-0.39, 0.29) is 0 Å². The summed E-state index contributed by atoms with van der Waals surface area (Å²) in [6, 6.07) is 5.49. The SMILES string of the molecule is O=C1C=c2ccc3[nH]ccc3c2=NC1=O.c1c[nH]cn1. The van der Waals surface area contributed by atoms with Crippen molar-refractivity contribution in [3.63, 3.8) is 0 Å². The van der Waals surface area contributed by atoms with Gasteiger partial charge in [-0.15, -0.1) is 0 Å². The molecular weight excluding hydrogens is 256 g/mol. The van der Waals surface area contributed by atoms with Gasteiger partial charge in [-0.3, -0.25) is 9.59 Å². The fraction of sp³-hybridized carbons (Fsp3) is 0. The number of hydrogen-bond donors (Lipinski definition) is 2. The first-order valence-corrected chi connectivity index (χ1v) is 5.93. The Bertz CT molecular complexity index is 874. The van der Waals surface area contributed by atoms with Crippen molar-refractivity contribution >= 4 is 28.7 Å². The monoisotopic (exact) mass is 266 g/mol. The molecule has 98 valence electrons. The maximum atomic E-state index is 11.2. The third-order valence-corrected chi connectivity index (χ3v) is 2.85. The third kappa shape index (κ3) is 2.14. The molecule has 2 N–H and O–H groups in total. The van der Waals surface area contributed by atoms with Crippen molar-refractivity contribution in [3.8, 4) is 0 Å². The van der Waals surface area contributed by atoms with Gasteiger partial charge in [-0.1, -0.05) is 6.07 Å². The number of fused-ring (bicyclic) bond motifs is 3. The van der Waals surface area contributed by atoms with E-state index in [1.54, 1.807) is 31.0 Å². The summed E-state index contributed by atoms with van der Waals surface area (Å²) in [7, 11) is 0. The summed E-state index contributed by atoms with van der Waals surface area (Å²) < 4.78 is 0. The molecule has 0 unspecified atom stereocenters. The lowest BCUT2D eigenvalue weighted by Crippen LogP contribution is -2.34. The Labute approximate surface area is 112 Å². The van der Waals surface area contributed by atoms with Crippen LogP contribution >= 0.6 is 0 Å². The summed E-state index contributed by atoms with van der Waals surface area (Å²) in [6.07, 6.45) is 8.19. The van der Waals surface area contributed by atoms with Crippen LogP contribution in [-0.2, 0) is 9.59 Å². The molecule has 0 fully saturated rings. The highest BCUT2D eigenvalue weighted by Crippen LogP contribution is 2.04. The number of benzene rings is 1. The summed E-state index contributed by atoms with van der Waals surface area (Å²) in [5.74, 6) is -1.26. The van der Waals surface area contributed by atoms with Crippen molar-refractivity contribution in [1.82, 2.24) is 15.0 Å². The van der Waals surface area contributed by atoms with Crippen LogP contribution < -0.4 is 10.6 Å². The minimum Gasteiger partial charge on any atom is -0.361 e. The first kappa shape index (κ1) is 12.0. The van der Waals surface area contributed by atoms with Gasteiger partial charge in [0, 0.05) is 40.8 Å². The first-order chi connectivity index (χ1) is 9.75. The number of aromatic amines is 2. The lowest BCUT2D eigenvalue weighted by Gasteiger charge is -1.98. The van der Waals surface area contributed by atoms with Crippen molar-refractivity contribution in [2.75, 3.05) is 0 Å². The van der Waals surface area contributed by atoms with E-state index in [1.807, 2.05) is 12.1 Å². The van der Waals surface area contributed by atoms with Crippen LogP contribution in [0.25, 0.3) is 17.0 Å². The van der Waals surface area contributed by atoms with E-state index in [1.165, 1.54) is 6.08 Å². The zero-order chi connectivity index (χ0) is 13.9. The molecule has 0 bridgehead atoms. The Balaban J connectivity index is 0.000000205. The minimum atomic E-state index is -0.698. The lowest BCUT2D eigenvalue weighted by molar-refractivity contribution is -0.132. The van der Waals surface area contributed by atoms with E-state index in [4.69, 9.17) is 0 Å². The highest BCUT2D eigenvalue weighted by atomic mass is 16.2. The topological polar surface area (TPSA) is 91.0 Å². The second kappa shape index (κ2) is 4.93. The van der Waals surface area contributed by atoms with Crippen LogP contribution in [0, 0.1) is 0 Å². The molecule has 6 heteroatoms. The predicted octanol–water partition coefficient (Wildman–Crippen LogP) is 0.0870. The van der Waals surface area contributed by atoms with E-state index in [2.05, 4.69) is 19.9 Å². The van der Waals surface area contributed by atoms with E-state index in [9.17, 15) is 9.59 Å². The molecule has 0 saturated carbocycles. The number of nitrogens with zero attached hydrogens (tertiary/aromatic N) is 2. The number of ketones is 1. The fourth-order valence-corrected chi connectivity index (χ4v) is 1.95. The molecule has 2 aromatic heterocycles.